The van der Waals surface area contributed by atoms with Crippen LogP contribution >= 0.6 is 0 Å². The third-order valence-electron chi connectivity index (χ3n) is 1.94. The molecule has 2 heterocycles. The molecule has 1 N–H and O–H groups in total. The minimum Gasteiger partial charge on any atom is -0.354 e. The normalized spacial score (nSPS) is 9.87. The fourth-order valence-electron chi connectivity index (χ4n) is 1.20. The van der Waals surface area contributed by atoms with Crippen LogP contribution in [0.1, 0.15) is 5.56 Å². The average molecular weight is 201 g/mol. The molecule has 0 saturated carbocycles. The summed E-state index contributed by atoms with van der Waals surface area (Å²) in [6.45, 7) is 0.800. The zero-order valence-electron chi connectivity index (χ0n) is 8.17. The number of pyridine rings is 1. The summed E-state index contributed by atoms with van der Waals surface area (Å²) in [5.74, 6) is 0.610. The topological polar surface area (TPSA) is 63.6 Å². The van der Waals surface area contributed by atoms with Crippen LogP contribution in [0.2, 0.25) is 0 Å². The summed E-state index contributed by atoms with van der Waals surface area (Å²) in [4.78, 5) is 15.6. The first kappa shape index (κ1) is 9.51. The molecule has 0 aliphatic rings. The van der Waals surface area contributed by atoms with Gasteiger partial charge in [-0.05, 0) is 24.1 Å². The number of hydrogen-bond acceptors (Lipinski definition) is 5. The third kappa shape index (κ3) is 2.98. The Balaban J connectivity index is 1.81. The lowest BCUT2D eigenvalue weighted by molar-refractivity contribution is 0.959. The first-order valence-electron chi connectivity index (χ1n) is 4.70. The van der Waals surface area contributed by atoms with Gasteiger partial charge in [-0.3, -0.25) is 4.98 Å². The maximum absolute atomic E-state index is 3.96. The summed E-state index contributed by atoms with van der Waals surface area (Å²) in [6.07, 6.45) is 7.45. The molecule has 0 aliphatic carbocycles. The van der Waals surface area contributed by atoms with E-state index in [1.807, 2.05) is 12.1 Å². The van der Waals surface area contributed by atoms with Crippen molar-refractivity contribution in [3.8, 4) is 0 Å². The highest BCUT2D eigenvalue weighted by Gasteiger charge is 1.94. The van der Waals surface area contributed by atoms with Gasteiger partial charge in [0.05, 0.1) is 0 Å². The first-order chi connectivity index (χ1) is 7.45. The number of aromatic nitrogens is 4. The van der Waals surface area contributed by atoms with Gasteiger partial charge in [0.1, 0.15) is 12.7 Å². The van der Waals surface area contributed by atoms with E-state index in [-0.39, 0.29) is 0 Å². The highest BCUT2D eigenvalue weighted by Crippen LogP contribution is 1.98. The molecule has 0 bridgehead atoms. The Morgan fingerprint density at radius 1 is 1.00 bits per heavy atom. The number of nitrogens with zero attached hydrogens (tertiary/aromatic N) is 4. The average Bonchev–Trinajstić information content (AvgIpc) is 2.32. The SMILES string of the molecule is c1cc(CCNc2ncncn2)ccn1. The zero-order chi connectivity index (χ0) is 10.3. The van der Waals surface area contributed by atoms with Gasteiger partial charge < -0.3 is 5.32 Å². The van der Waals surface area contributed by atoms with Crippen LogP contribution in [-0.4, -0.2) is 26.5 Å². The van der Waals surface area contributed by atoms with E-state index in [9.17, 15) is 0 Å². The second kappa shape index (κ2) is 4.99. The van der Waals surface area contributed by atoms with Crippen molar-refractivity contribution in [1.82, 2.24) is 19.9 Å². The minimum atomic E-state index is 0.610. The third-order valence-corrected chi connectivity index (χ3v) is 1.94. The van der Waals surface area contributed by atoms with Gasteiger partial charge in [0.2, 0.25) is 5.95 Å². The molecule has 0 radical (unpaired) electrons. The summed E-state index contributed by atoms with van der Waals surface area (Å²) in [7, 11) is 0. The van der Waals surface area contributed by atoms with Crippen LogP contribution in [-0.2, 0) is 6.42 Å². The van der Waals surface area contributed by atoms with Gasteiger partial charge >= 0.3 is 0 Å². The van der Waals surface area contributed by atoms with E-state index in [0.29, 0.717) is 5.95 Å². The molecule has 0 atom stereocenters. The predicted molar refractivity (Wildman–Crippen MR) is 56.3 cm³/mol. The summed E-state index contributed by atoms with van der Waals surface area (Å²) in [6, 6.07) is 3.99. The van der Waals surface area contributed by atoms with Crippen LogP contribution in [0.5, 0.6) is 0 Å². The Morgan fingerprint density at radius 3 is 2.47 bits per heavy atom. The molecule has 15 heavy (non-hydrogen) atoms. The van der Waals surface area contributed by atoms with Crippen LogP contribution in [0.25, 0.3) is 0 Å². The lowest BCUT2D eigenvalue weighted by Gasteiger charge is -2.03. The molecule has 76 valence electrons. The summed E-state index contributed by atoms with van der Waals surface area (Å²) >= 11 is 0. The predicted octanol–water partition coefficient (Wildman–Crippen LogP) is 0.921. The molecule has 0 fully saturated rings. The van der Waals surface area contributed by atoms with Gasteiger partial charge in [0.15, 0.2) is 0 Å². The molecule has 0 spiro atoms. The van der Waals surface area contributed by atoms with Crippen molar-refractivity contribution >= 4 is 5.95 Å². The van der Waals surface area contributed by atoms with Crippen LogP contribution in [0, 0.1) is 0 Å². The van der Waals surface area contributed by atoms with Crippen LogP contribution in [0.4, 0.5) is 5.95 Å². The summed E-state index contributed by atoms with van der Waals surface area (Å²) in [5.41, 5.74) is 1.24. The molecule has 0 unspecified atom stereocenters. The van der Waals surface area contributed by atoms with Gasteiger partial charge in [0.25, 0.3) is 0 Å². The standard InChI is InChI=1S/C10H11N5/c1-4-11-5-2-9(1)3-6-13-10-14-7-12-8-15-10/h1-2,4-5,7-8H,3,6H2,(H,12,13,14,15). The van der Waals surface area contributed by atoms with E-state index >= 15 is 0 Å². The van der Waals surface area contributed by atoms with Crippen LogP contribution in [0.3, 0.4) is 0 Å². The van der Waals surface area contributed by atoms with E-state index in [1.165, 1.54) is 18.2 Å². The van der Waals surface area contributed by atoms with E-state index in [0.717, 1.165) is 13.0 Å². The highest BCUT2D eigenvalue weighted by molar-refractivity contribution is 5.21. The lowest BCUT2D eigenvalue weighted by Crippen LogP contribution is -2.07. The first-order valence-corrected chi connectivity index (χ1v) is 4.70. The smallest absolute Gasteiger partial charge is 0.225 e. The van der Waals surface area contributed by atoms with Gasteiger partial charge in [0, 0.05) is 18.9 Å². The van der Waals surface area contributed by atoms with Crippen molar-refractivity contribution < 1.29 is 0 Å². The van der Waals surface area contributed by atoms with E-state index in [2.05, 4.69) is 25.3 Å². The van der Waals surface area contributed by atoms with E-state index in [4.69, 9.17) is 0 Å². The number of anilines is 1. The second-order valence-electron chi connectivity index (χ2n) is 2.99. The molecule has 0 aromatic carbocycles. The van der Waals surface area contributed by atoms with Gasteiger partial charge in [-0.2, -0.15) is 0 Å². The zero-order valence-corrected chi connectivity index (χ0v) is 8.17. The maximum atomic E-state index is 3.96. The molecule has 0 aliphatic heterocycles. The quantitative estimate of drug-likeness (QED) is 0.797. The molecular weight excluding hydrogens is 190 g/mol. The Bertz CT molecular complexity index is 350. The Kier molecular flexibility index (Phi) is 3.17. The lowest BCUT2D eigenvalue weighted by atomic mass is 10.2. The van der Waals surface area contributed by atoms with Crippen LogP contribution < -0.4 is 5.32 Å². The van der Waals surface area contributed by atoms with E-state index in [1.54, 1.807) is 12.4 Å². The number of hydrogen-bond donors (Lipinski definition) is 1. The largest absolute Gasteiger partial charge is 0.354 e. The van der Waals surface area contributed by atoms with Crippen molar-refractivity contribution in [3.05, 3.63) is 42.7 Å². The fourth-order valence-corrected chi connectivity index (χ4v) is 1.20. The van der Waals surface area contributed by atoms with Crippen molar-refractivity contribution in [2.45, 2.75) is 6.42 Å². The molecule has 5 nitrogen and oxygen atoms in total. The second-order valence-corrected chi connectivity index (χ2v) is 2.99. The van der Waals surface area contributed by atoms with Gasteiger partial charge in [-0.25, -0.2) is 15.0 Å². The molecule has 0 saturated heterocycles. The minimum absolute atomic E-state index is 0.610. The van der Waals surface area contributed by atoms with E-state index < -0.39 is 0 Å². The Labute approximate surface area is 87.6 Å². The molecule has 2 aromatic heterocycles. The monoisotopic (exact) mass is 201 g/mol. The fraction of sp³-hybridized carbons (Fsp3) is 0.200. The summed E-state index contributed by atoms with van der Waals surface area (Å²) in [5, 5.41) is 3.11. The maximum Gasteiger partial charge on any atom is 0.225 e. The van der Waals surface area contributed by atoms with Crippen molar-refractivity contribution in [2.75, 3.05) is 11.9 Å². The molecule has 0 amide bonds. The number of rotatable bonds is 4. The van der Waals surface area contributed by atoms with Crippen molar-refractivity contribution in [1.29, 1.82) is 0 Å². The number of nitrogens with one attached hydrogen (secondary N) is 1. The molecule has 2 rings (SSSR count). The molecule has 5 heteroatoms. The highest BCUT2D eigenvalue weighted by atomic mass is 15.1. The summed E-state index contributed by atoms with van der Waals surface area (Å²) < 4.78 is 0. The Hall–Kier alpha value is -2.04. The molecular formula is C10H11N5. The van der Waals surface area contributed by atoms with Gasteiger partial charge in [-0.1, -0.05) is 0 Å². The van der Waals surface area contributed by atoms with Crippen molar-refractivity contribution in [2.24, 2.45) is 0 Å². The van der Waals surface area contributed by atoms with Gasteiger partial charge in [-0.15, -0.1) is 0 Å². The molecule has 2 aromatic rings. The van der Waals surface area contributed by atoms with Crippen molar-refractivity contribution in [3.63, 3.8) is 0 Å². The van der Waals surface area contributed by atoms with Crippen LogP contribution in [0.15, 0.2) is 37.2 Å². The Morgan fingerprint density at radius 2 is 1.73 bits per heavy atom.